The van der Waals surface area contributed by atoms with Crippen LogP contribution in [0.4, 0.5) is 11.8 Å². The predicted octanol–water partition coefficient (Wildman–Crippen LogP) is 4.55. The van der Waals surface area contributed by atoms with Gasteiger partial charge in [0.05, 0.1) is 0 Å². The van der Waals surface area contributed by atoms with E-state index in [4.69, 9.17) is 4.98 Å². The fourth-order valence-electron chi connectivity index (χ4n) is 3.75. The van der Waals surface area contributed by atoms with Crippen molar-refractivity contribution in [2.45, 2.75) is 51.1 Å². The molecule has 4 nitrogen and oxygen atoms in total. The SMILES string of the molecule is Brc1ccc2c(c1)CN(c1ccnc(NC3CCCCC3)n1)CC2. The highest BCUT2D eigenvalue weighted by Gasteiger charge is 2.19. The van der Waals surface area contributed by atoms with Crippen LogP contribution in [0.15, 0.2) is 34.9 Å². The molecule has 1 aliphatic carbocycles. The number of aromatic nitrogens is 2. The minimum Gasteiger partial charge on any atom is -0.352 e. The molecule has 24 heavy (non-hydrogen) atoms. The second kappa shape index (κ2) is 7.09. The van der Waals surface area contributed by atoms with E-state index in [1.807, 2.05) is 12.3 Å². The van der Waals surface area contributed by atoms with Gasteiger partial charge < -0.3 is 10.2 Å². The number of benzene rings is 1. The van der Waals surface area contributed by atoms with Crippen LogP contribution in [0.5, 0.6) is 0 Å². The van der Waals surface area contributed by atoms with E-state index in [1.54, 1.807) is 0 Å². The highest BCUT2D eigenvalue weighted by atomic mass is 79.9. The van der Waals surface area contributed by atoms with Gasteiger partial charge in [-0.2, -0.15) is 4.98 Å². The zero-order valence-electron chi connectivity index (χ0n) is 13.8. The second-order valence-electron chi connectivity index (χ2n) is 6.80. The van der Waals surface area contributed by atoms with Crippen LogP contribution in [-0.2, 0) is 13.0 Å². The first-order valence-electron chi connectivity index (χ1n) is 8.90. The summed E-state index contributed by atoms with van der Waals surface area (Å²) >= 11 is 3.58. The molecule has 1 fully saturated rings. The van der Waals surface area contributed by atoms with Crippen molar-refractivity contribution in [2.24, 2.45) is 0 Å². The Bertz CT molecular complexity index is 712. The van der Waals surface area contributed by atoms with Gasteiger partial charge in [-0.25, -0.2) is 4.98 Å². The summed E-state index contributed by atoms with van der Waals surface area (Å²) in [4.78, 5) is 11.6. The highest BCUT2D eigenvalue weighted by molar-refractivity contribution is 9.10. The van der Waals surface area contributed by atoms with Crippen LogP contribution in [0.3, 0.4) is 0 Å². The van der Waals surface area contributed by atoms with Crippen molar-refractivity contribution in [1.82, 2.24) is 9.97 Å². The minimum atomic E-state index is 0.534. The van der Waals surface area contributed by atoms with E-state index in [9.17, 15) is 0 Å². The molecule has 0 bridgehead atoms. The minimum absolute atomic E-state index is 0.534. The van der Waals surface area contributed by atoms with Crippen LogP contribution >= 0.6 is 15.9 Å². The Morgan fingerprint density at radius 3 is 2.83 bits per heavy atom. The first kappa shape index (κ1) is 15.9. The molecule has 126 valence electrons. The number of anilines is 2. The third-order valence-electron chi connectivity index (χ3n) is 5.08. The summed E-state index contributed by atoms with van der Waals surface area (Å²) in [7, 11) is 0. The average molecular weight is 387 g/mol. The Kier molecular flexibility index (Phi) is 4.69. The zero-order chi connectivity index (χ0) is 16.4. The summed E-state index contributed by atoms with van der Waals surface area (Å²) in [5.74, 6) is 1.80. The van der Waals surface area contributed by atoms with Gasteiger partial charge in [-0.05, 0) is 48.6 Å². The maximum atomic E-state index is 4.78. The summed E-state index contributed by atoms with van der Waals surface area (Å²) in [6, 6.07) is 9.14. The van der Waals surface area contributed by atoms with Crippen molar-refractivity contribution in [3.8, 4) is 0 Å². The van der Waals surface area contributed by atoms with E-state index in [2.05, 4.69) is 49.3 Å². The fourth-order valence-corrected chi connectivity index (χ4v) is 4.15. The van der Waals surface area contributed by atoms with Crippen molar-refractivity contribution in [3.05, 3.63) is 46.1 Å². The topological polar surface area (TPSA) is 41.1 Å². The van der Waals surface area contributed by atoms with Gasteiger partial charge in [0.1, 0.15) is 5.82 Å². The van der Waals surface area contributed by atoms with Crippen molar-refractivity contribution in [3.63, 3.8) is 0 Å². The van der Waals surface area contributed by atoms with E-state index in [-0.39, 0.29) is 0 Å². The molecule has 2 heterocycles. The number of rotatable bonds is 3. The molecule has 0 saturated heterocycles. The van der Waals surface area contributed by atoms with Crippen molar-refractivity contribution < 1.29 is 0 Å². The Hall–Kier alpha value is -1.62. The first-order chi connectivity index (χ1) is 11.8. The summed E-state index contributed by atoms with van der Waals surface area (Å²) in [6.07, 6.45) is 9.41. The number of fused-ring (bicyclic) bond motifs is 1. The summed E-state index contributed by atoms with van der Waals surface area (Å²) in [6.45, 7) is 1.92. The van der Waals surface area contributed by atoms with Gasteiger partial charge in [-0.3, -0.25) is 0 Å². The Balaban J connectivity index is 1.49. The van der Waals surface area contributed by atoms with Crippen molar-refractivity contribution in [1.29, 1.82) is 0 Å². The molecule has 1 aliphatic heterocycles. The highest BCUT2D eigenvalue weighted by Crippen LogP contribution is 2.26. The van der Waals surface area contributed by atoms with Crippen LogP contribution in [0, 0.1) is 0 Å². The van der Waals surface area contributed by atoms with Gasteiger partial charge in [-0.15, -0.1) is 0 Å². The quantitative estimate of drug-likeness (QED) is 0.839. The van der Waals surface area contributed by atoms with Crippen LogP contribution in [0.25, 0.3) is 0 Å². The molecule has 1 N–H and O–H groups in total. The zero-order valence-corrected chi connectivity index (χ0v) is 15.4. The predicted molar refractivity (Wildman–Crippen MR) is 101 cm³/mol. The van der Waals surface area contributed by atoms with Gasteiger partial charge >= 0.3 is 0 Å². The summed E-state index contributed by atoms with van der Waals surface area (Å²) < 4.78 is 1.14. The van der Waals surface area contributed by atoms with Gasteiger partial charge in [0.15, 0.2) is 0 Å². The van der Waals surface area contributed by atoms with Crippen LogP contribution in [-0.4, -0.2) is 22.6 Å². The molecule has 0 unspecified atom stereocenters. The third-order valence-corrected chi connectivity index (χ3v) is 5.58. The van der Waals surface area contributed by atoms with Crippen molar-refractivity contribution in [2.75, 3.05) is 16.8 Å². The lowest BCUT2D eigenvalue weighted by Crippen LogP contribution is -2.31. The lowest BCUT2D eigenvalue weighted by atomic mass is 9.96. The van der Waals surface area contributed by atoms with Gasteiger partial charge in [0.25, 0.3) is 0 Å². The molecule has 2 aliphatic rings. The van der Waals surface area contributed by atoms with E-state index >= 15 is 0 Å². The molecule has 0 radical (unpaired) electrons. The summed E-state index contributed by atoms with van der Waals surface area (Å²) in [5, 5.41) is 3.53. The standard InChI is InChI=1S/C19H23BrN4/c20-16-7-6-14-9-11-24(13-15(14)12-16)18-8-10-21-19(23-18)22-17-4-2-1-3-5-17/h6-8,10,12,17H,1-5,9,11,13H2,(H,21,22,23). The molecule has 0 spiro atoms. The number of hydrogen-bond acceptors (Lipinski definition) is 4. The Morgan fingerprint density at radius 1 is 1.08 bits per heavy atom. The van der Waals surface area contributed by atoms with Crippen molar-refractivity contribution >= 4 is 27.7 Å². The largest absolute Gasteiger partial charge is 0.352 e. The lowest BCUT2D eigenvalue weighted by Gasteiger charge is -2.30. The van der Waals surface area contributed by atoms with Crippen LogP contribution in [0.2, 0.25) is 0 Å². The molecule has 0 atom stereocenters. The number of nitrogens with one attached hydrogen (secondary N) is 1. The number of halogens is 1. The molecule has 2 aromatic rings. The third kappa shape index (κ3) is 3.56. The smallest absolute Gasteiger partial charge is 0.224 e. The van der Waals surface area contributed by atoms with Gasteiger partial charge in [0, 0.05) is 29.8 Å². The molecule has 4 rings (SSSR count). The van der Waals surface area contributed by atoms with Gasteiger partial charge in [0.2, 0.25) is 5.95 Å². The monoisotopic (exact) mass is 386 g/mol. The summed E-state index contributed by atoms with van der Waals surface area (Å²) in [5.41, 5.74) is 2.83. The molecule has 5 heteroatoms. The second-order valence-corrected chi connectivity index (χ2v) is 7.72. The molecule has 1 aromatic carbocycles. The molecular formula is C19H23BrN4. The molecule has 1 saturated carbocycles. The van der Waals surface area contributed by atoms with E-state index in [1.165, 1.54) is 43.2 Å². The fraction of sp³-hybridized carbons (Fsp3) is 0.474. The van der Waals surface area contributed by atoms with E-state index in [0.29, 0.717) is 6.04 Å². The molecule has 0 amide bonds. The number of nitrogens with zero attached hydrogens (tertiary/aromatic N) is 3. The maximum Gasteiger partial charge on any atom is 0.224 e. The van der Waals surface area contributed by atoms with E-state index < -0.39 is 0 Å². The Labute approximate surface area is 151 Å². The maximum absolute atomic E-state index is 4.78. The molecule has 1 aromatic heterocycles. The van der Waals surface area contributed by atoms with Crippen LogP contribution in [0.1, 0.15) is 43.2 Å². The van der Waals surface area contributed by atoms with Crippen LogP contribution < -0.4 is 10.2 Å². The average Bonchev–Trinajstić information content (AvgIpc) is 2.62. The van der Waals surface area contributed by atoms with E-state index in [0.717, 1.165) is 35.7 Å². The Morgan fingerprint density at radius 2 is 1.96 bits per heavy atom. The molecular weight excluding hydrogens is 364 g/mol. The van der Waals surface area contributed by atoms with Gasteiger partial charge in [-0.1, -0.05) is 41.3 Å². The first-order valence-corrected chi connectivity index (χ1v) is 9.69. The normalized spacial score (nSPS) is 18.3. The number of hydrogen-bond donors (Lipinski definition) is 1. The lowest BCUT2D eigenvalue weighted by molar-refractivity contribution is 0.461.